The maximum Gasteiger partial charge on any atom is 0.306 e. The first kappa shape index (κ1) is 14.4. The van der Waals surface area contributed by atoms with E-state index >= 15 is 0 Å². The highest BCUT2D eigenvalue weighted by Gasteiger charge is 2.23. The molecule has 0 aromatic rings. The topological polar surface area (TPSA) is 52.3 Å². The molecule has 0 aromatic carbocycles. The third-order valence-electron chi connectivity index (χ3n) is 2.66. The van der Waals surface area contributed by atoms with Gasteiger partial charge in [-0.05, 0) is 40.0 Å². The number of hydrogen-bond acceptors (Lipinski definition) is 3. The highest BCUT2D eigenvalue weighted by atomic mass is 16.6. The van der Waals surface area contributed by atoms with Gasteiger partial charge < -0.3 is 10.5 Å². The van der Waals surface area contributed by atoms with E-state index in [0.717, 1.165) is 12.8 Å². The second kappa shape index (κ2) is 5.50. The predicted octanol–water partition coefficient (Wildman–Crippen LogP) is 2.63. The fraction of sp³-hybridized carbons (Fsp3) is 0.917. The van der Waals surface area contributed by atoms with Gasteiger partial charge >= 0.3 is 5.97 Å². The Kier molecular flexibility index (Phi) is 5.29. The molecule has 0 saturated heterocycles. The highest BCUT2D eigenvalue weighted by Crippen LogP contribution is 2.19. The van der Waals surface area contributed by atoms with Crippen molar-refractivity contribution in [1.82, 2.24) is 0 Å². The molecule has 0 aliphatic rings. The van der Waals surface area contributed by atoms with Crippen molar-refractivity contribution >= 4 is 5.97 Å². The van der Waals surface area contributed by atoms with E-state index in [1.54, 1.807) is 0 Å². The summed E-state index contributed by atoms with van der Waals surface area (Å²) in [6.07, 6.45) is 2.91. The Hall–Kier alpha value is -0.570. The lowest BCUT2D eigenvalue weighted by atomic mass is 9.89. The normalized spacial score (nSPS) is 12.7. The van der Waals surface area contributed by atoms with Crippen LogP contribution in [0.3, 0.4) is 0 Å². The molecule has 0 aliphatic carbocycles. The van der Waals surface area contributed by atoms with E-state index in [1.807, 2.05) is 20.8 Å². The van der Waals surface area contributed by atoms with Crippen LogP contribution in [0.4, 0.5) is 0 Å². The Morgan fingerprint density at radius 2 is 1.67 bits per heavy atom. The lowest BCUT2D eigenvalue weighted by Crippen LogP contribution is -2.39. The Morgan fingerprint density at radius 3 is 2.00 bits per heavy atom. The molecule has 0 atom stereocenters. The molecule has 0 amide bonds. The second-order valence-electron chi connectivity index (χ2n) is 5.16. The first-order chi connectivity index (χ1) is 6.72. The molecule has 0 aliphatic heterocycles. The summed E-state index contributed by atoms with van der Waals surface area (Å²) in [4.78, 5) is 11.5. The SMILES string of the molecule is CCC(N)(CC)CCC(=O)OC(C)(C)C. The van der Waals surface area contributed by atoms with Crippen LogP contribution < -0.4 is 5.73 Å². The van der Waals surface area contributed by atoms with Gasteiger partial charge in [-0.25, -0.2) is 0 Å². The van der Waals surface area contributed by atoms with Crippen molar-refractivity contribution in [1.29, 1.82) is 0 Å². The van der Waals surface area contributed by atoms with Crippen LogP contribution >= 0.6 is 0 Å². The first-order valence-corrected chi connectivity index (χ1v) is 5.73. The zero-order valence-electron chi connectivity index (χ0n) is 10.7. The van der Waals surface area contributed by atoms with Gasteiger partial charge in [-0.3, -0.25) is 4.79 Å². The summed E-state index contributed by atoms with van der Waals surface area (Å²) in [6, 6.07) is 0. The number of carbonyl (C=O) groups excluding carboxylic acids is 1. The van der Waals surface area contributed by atoms with Crippen molar-refractivity contribution in [2.75, 3.05) is 0 Å². The van der Waals surface area contributed by atoms with E-state index in [4.69, 9.17) is 10.5 Å². The van der Waals surface area contributed by atoms with Crippen LogP contribution in [0.15, 0.2) is 0 Å². The summed E-state index contributed by atoms with van der Waals surface area (Å²) in [5.74, 6) is -0.153. The number of carbonyl (C=O) groups is 1. The third kappa shape index (κ3) is 6.50. The fourth-order valence-corrected chi connectivity index (χ4v) is 1.35. The molecular formula is C12H25NO2. The zero-order chi connectivity index (χ0) is 12.1. The standard InChI is InChI=1S/C12H25NO2/c1-6-12(13,7-2)9-8-10(14)15-11(3,4)5/h6-9,13H2,1-5H3. The smallest absolute Gasteiger partial charge is 0.306 e. The van der Waals surface area contributed by atoms with E-state index in [1.165, 1.54) is 0 Å². The average molecular weight is 215 g/mol. The summed E-state index contributed by atoms with van der Waals surface area (Å²) in [5.41, 5.74) is 5.49. The molecule has 3 nitrogen and oxygen atoms in total. The minimum atomic E-state index is -0.396. The molecule has 2 N–H and O–H groups in total. The average Bonchev–Trinajstić information content (AvgIpc) is 2.12. The number of rotatable bonds is 5. The molecule has 15 heavy (non-hydrogen) atoms. The van der Waals surface area contributed by atoms with Crippen LogP contribution in [-0.4, -0.2) is 17.1 Å². The quantitative estimate of drug-likeness (QED) is 0.717. The van der Waals surface area contributed by atoms with Crippen LogP contribution in [0.25, 0.3) is 0 Å². The van der Waals surface area contributed by atoms with Gasteiger partial charge in [0.15, 0.2) is 0 Å². The lowest BCUT2D eigenvalue weighted by molar-refractivity contribution is -0.155. The van der Waals surface area contributed by atoms with E-state index in [2.05, 4.69) is 13.8 Å². The van der Waals surface area contributed by atoms with Crippen LogP contribution in [0, 0.1) is 0 Å². The monoisotopic (exact) mass is 215 g/mol. The number of ether oxygens (including phenoxy) is 1. The van der Waals surface area contributed by atoms with Gasteiger partial charge in [-0.1, -0.05) is 13.8 Å². The lowest BCUT2D eigenvalue weighted by Gasteiger charge is -2.27. The van der Waals surface area contributed by atoms with Crippen LogP contribution in [0.2, 0.25) is 0 Å². The molecule has 0 fully saturated rings. The van der Waals surface area contributed by atoms with Crippen molar-refractivity contribution in [2.24, 2.45) is 5.73 Å². The largest absolute Gasteiger partial charge is 0.460 e. The molecule has 90 valence electrons. The summed E-state index contributed by atoms with van der Waals surface area (Å²) in [7, 11) is 0. The summed E-state index contributed by atoms with van der Waals surface area (Å²) >= 11 is 0. The van der Waals surface area contributed by atoms with E-state index in [-0.39, 0.29) is 11.5 Å². The molecule has 0 radical (unpaired) electrons. The van der Waals surface area contributed by atoms with Gasteiger partial charge in [0, 0.05) is 12.0 Å². The molecule has 0 heterocycles. The fourth-order valence-electron chi connectivity index (χ4n) is 1.35. The van der Waals surface area contributed by atoms with E-state index in [9.17, 15) is 4.79 Å². The molecule has 0 rings (SSSR count). The van der Waals surface area contributed by atoms with Crippen molar-refractivity contribution in [3.05, 3.63) is 0 Å². The van der Waals surface area contributed by atoms with Crippen LogP contribution in [-0.2, 0) is 9.53 Å². The summed E-state index contributed by atoms with van der Waals surface area (Å²) < 4.78 is 5.23. The Labute approximate surface area is 93.4 Å². The van der Waals surface area contributed by atoms with E-state index in [0.29, 0.717) is 12.8 Å². The molecule has 3 heteroatoms. The van der Waals surface area contributed by atoms with Gasteiger partial charge in [-0.2, -0.15) is 0 Å². The zero-order valence-corrected chi connectivity index (χ0v) is 10.7. The maximum atomic E-state index is 11.5. The second-order valence-corrected chi connectivity index (χ2v) is 5.16. The molecule has 0 saturated carbocycles. The molecular weight excluding hydrogens is 190 g/mol. The number of esters is 1. The van der Waals surface area contributed by atoms with Gasteiger partial charge in [-0.15, -0.1) is 0 Å². The van der Waals surface area contributed by atoms with Crippen molar-refractivity contribution in [3.63, 3.8) is 0 Å². The predicted molar refractivity (Wildman–Crippen MR) is 62.6 cm³/mol. The minimum Gasteiger partial charge on any atom is -0.460 e. The first-order valence-electron chi connectivity index (χ1n) is 5.73. The maximum absolute atomic E-state index is 11.5. The van der Waals surface area contributed by atoms with E-state index < -0.39 is 5.60 Å². The van der Waals surface area contributed by atoms with Crippen molar-refractivity contribution in [2.45, 2.75) is 71.4 Å². The Morgan fingerprint density at radius 1 is 1.20 bits per heavy atom. The Bertz CT molecular complexity index is 202. The van der Waals surface area contributed by atoms with Gasteiger partial charge in [0.2, 0.25) is 0 Å². The van der Waals surface area contributed by atoms with Crippen LogP contribution in [0.1, 0.15) is 60.3 Å². The highest BCUT2D eigenvalue weighted by molar-refractivity contribution is 5.69. The molecule has 0 unspecified atom stereocenters. The minimum absolute atomic E-state index is 0.153. The third-order valence-corrected chi connectivity index (χ3v) is 2.66. The van der Waals surface area contributed by atoms with Crippen molar-refractivity contribution in [3.8, 4) is 0 Å². The van der Waals surface area contributed by atoms with Gasteiger partial charge in [0.05, 0.1) is 0 Å². The molecule has 0 spiro atoms. The summed E-state index contributed by atoms with van der Waals surface area (Å²) in [6.45, 7) is 9.73. The van der Waals surface area contributed by atoms with Crippen LogP contribution in [0.5, 0.6) is 0 Å². The van der Waals surface area contributed by atoms with Gasteiger partial charge in [0.1, 0.15) is 5.60 Å². The number of nitrogens with two attached hydrogens (primary N) is 1. The number of hydrogen-bond donors (Lipinski definition) is 1. The van der Waals surface area contributed by atoms with Crippen molar-refractivity contribution < 1.29 is 9.53 Å². The molecule has 0 aromatic heterocycles. The summed E-state index contributed by atoms with van der Waals surface area (Å²) in [5, 5.41) is 0. The molecule has 0 bridgehead atoms. The van der Waals surface area contributed by atoms with Gasteiger partial charge in [0.25, 0.3) is 0 Å². The Balaban J connectivity index is 4.00.